The molecule has 0 aliphatic rings. The average molecular weight is 309 g/mol. The maximum atomic E-state index is 12.1. The molecule has 0 saturated carbocycles. The molecule has 0 fully saturated rings. The predicted molar refractivity (Wildman–Crippen MR) is 96.5 cm³/mol. The van der Waals surface area contributed by atoms with E-state index in [1.165, 1.54) is 16.7 Å². The molecular weight excluding hydrogens is 282 g/mol. The topological polar surface area (TPSA) is 29.1 Å². The van der Waals surface area contributed by atoms with Crippen LogP contribution in [0.25, 0.3) is 0 Å². The van der Waals surface area contributed by atoms with Crippen molar-refractivity contribution < 1.29 is 4.79 Å². The Labute approximate surface area is 139 Å². The van der Waals surface area contributed by atoms with Crippen LogP contribution >= 0.6 is 0 Å². The summed E-state index contributed by atoms with van der Waals surface area (Å²) in [7, 11) is 0. The molecule has 23 heavy (non-hydrogen) atoms. The van der Waals surface area contributed by atoms with Crippen LogP contribution in [0, 0.1) is 0 Å². The van der Waals surface area contributed by atoms with Crippen molar-refractivity contribution in [1.82, 2.24) is 5.32 Å². The Hall–Kier alpha value is -2.09. The fraction of sp³-hybridized carbons (Fsp3) is 0.381. The summed E-state index contributed by atoms with van der Waals surface area (Å²) < 4.78 is 0. The Balaban J connectivity index is 1.83. The van der Waals surface area contributed by atoms with Crippen LogP contribution in [0.2, 0.25) is 0 Å². The van der Waals surface area contributed by atoms with Crippen molar-refractivity contribution in [3.05, 3.63) is 70.8 Å². The van der Waals surface area contributed by atoms with Crippen LogP contribution in [0.3, 0.4) is 0 Å². The molecule has 0 aliphatic heterocycles. The van der Waals surface area contributed by atoms with E-state index < -0.39 is 0 Å². The minimum absolute atomic E-state index is 0.0517. The molecule has 0 unspecified atom stereocenters. The number of nitrogens with one attached hydrogen (secondary N) is 1. The lowest BCUT2D eigenvalue weighted by Gasteiger charge is -2.15. The van der Waals surface area contributed by atoms with E-state index in [0.717, 1.165) is 24.8 Å². The number of carbonyl (C=O) groups excluding carboxylic acids is 1. The second kappa shape index (κ2) is 8.52. The SMILES string of the molecule is CCc1ccc(CCC(=O)N[C@@H](C)c2ccc(CC)cc2)cc1. The van der Waals surface area contributed by atoms with Gasteiger partial charge in [-0.2, -0.15) is 0 Å². The van der Waals surface area contributed by atoms with Crippen LogP contribution in [0.1, 0.15) is 55.5 Å². The summed E-state index contributed by atoms with van der Waals surface area (Å²) in [6.07, 6.45) is 3.41. The highest BCUT2D eigenvalue weighted by atomic mass is 16.1. The van der Waals surface area contributed by atoms with Gasteiger partial charge in [0.05, 0.1) is 6.04 Å². The smallest absolute Gasteiger partial charge is 0.220 e. The predicted octanol–water partition coefficient (Wildman–Crippen LogP) is 4.62. The number of carbonyl (C=O) groups is 1. The van der Waals surface area contributed by atoms with Crippen molar-refractivity contribution in [1.29, 1.82) is 0 Å². The molecule has 2 rings (SSSR count). The fourth-order valence-electron chi connectivity index (χ4n) is 2.64. The Morgan fingerprint density at radius 1 is 0.870 bits per heavy atom. The van der Waals surface area contributed by atoms with Crippen LogP contribution in [0.4, 0.5) is 0 Å². The number of rotatable bonds is 7. The van der Waals surface area contributed by atoms with Gasteiger partial charge in [-0.3, -0.25) is 4.79 Å². The van der Waals surface area contributed by atoms with Crippen LogP contribution in [0.5, 0.6) is 0 Å². The first-order valence-electron chi connectivity index (χ1n) is 8.58. The molecule has 2 nitrogen and oxygen atoms in total. The van der Waals surface area contributed by atoms with Gasteiger partial charge in [0.15, 0.2) is 0 Å². The van der Waals surface area contributed by atoms with Gasteiger partial charge < -0.3 is 5.32 Å². The minimum atomic E-state index is 0.0517. The van der Waals surface area contributed by atoms with Crippen molar-refractivity contribution in [2.75, 3.05) is 0 Å². The van der Waals surface area contributed by atoms with Gasteiger partial charge in [0.1, 0.15) is 0 Å². The van der Waals surface area contributed by atoms with E-state index in [2.05, 4.69) is 67.7 Å². The summed E-state index contributed by atoms with van der Waals surface area (Å²) in [5, 5.41) is 3.09. The molecule has 1 amide bonds. The van der Waals surface area contributed by atoms with Crippen molar-refractivity contribution >= 4 is 5.91 Å². The van der Waals surface area contributed by atoms with Gasteiger partial charge in [-0.1, -0.05) is 62.4 Å². The highest BCUT2D eigenvalue weighted by Crippen LogP contribution is 2.14. The third kappa shape index (κ3) is 5.24. The van der Waals surface area contributed by atoms with E-state index in [-0.39, 0.29) is 11.9 Å². The van der Waals surface area contributed by atoms with Gasteiger partial charge in [0.2, 0.25) is 5.91 Å². The first-order valence-corrected chi connectivity index (χ1v) is 8.58. The summed E-state index contributed by atoms with van der Waals surface area (Å²) in [4.78, 5) is 12.1. The zero-order valence-corrected chi connectivity index (χ0v) is 14.4. The summed E-state index contributed by atoms with van der Waals surface area (Å²) in [6.45, 7) is 6.33. The molecule has 0 aromatic heterocycles. The molecular formula is C21H27NO. The van der Waals surface area contributed by atoms with E-state index in [1.807, 2.05) is 6.92 Å². The second-order valence-electron chi connectivity index (χ2n) is 6.05. The highest BCUT2D eigenvalue weighted by molar-refractivity contribution is 5.76. The first-order chi connectivity index (χ1) is 11.1. The lowest BCUT2D eigenvalue weighted by molar-refractivity contribution is -0.121. The van der Waals surface area contributed by atoms with Crippen molar-refractivity contribution in [2.24, 2.45) is 0 Å². The number of hydrogen-bond donors (Lipinski definition) is 1. The van der Waals surface area contributed by atoms with Gasteiger partial charge in [-0.15, -0.1) is 0 Å². The second-order valence-corrected chi connectivity index (χ2v) is 6.05. The molecule has 0 aliphatic carbocycles. The van der Waals surface area contributed by atoms with Crippen molar-refractivity contribution in [3.8, 4) is 0 Å². The summed E-state index contributed by atoms with van der Waals surface area (Å²) >= 11 is 0. The maximum Gasteiger partial charge on any atom is 0.220 e. The third-order valence-electron chi connectivity index (χ3n) is 4.34. The lowest BCUT2D eigenvalue weighted by Crippen LogP contribution is -2.26. The monoisotopic (exact) mass is 309 g/mol. The largest absolute Gasteiger partial charge is 0.350 e. The van der Waals surface area contributed by atoms with Gasteiger partial charge in [-0.25, -0.2) is 0 Å². The van der Waals surface area contributed by atoms with Crippen LogP contribution in [-0.2, 0) is 24.1 Å². The Morgan fingerprint density at radius 2 is 1.35 bits per heavy atom. The number of amides is 1. The van der Waals surface area contributed by atoms with Crippen LogP contribution in [-0.4, -0.2) is 5.91 Å². The highest BCUT2D eigenvalue weighted by Gasteiger charge is 2.09. The number of aryl methyl sites for hydroxylation is 3. The van der Waals surface area contributed by atoms with E-state index in [1.54, 1.807) is 0 Å². The lowest BCUT2D eigenvalue weighted by atomic mass is 10.0. The zero-order valence-electron chi connectivity index (χ0n) is 14.4. The number of benzene rings is 2. The van der Waals surface area contributed by atoms with E-state index in [9.17, 15) is 4.79 Å². The third-order valence-corrected chi connectivity index (χ3v) is 4.34. The normalized spacial score (nSPS) is 12.0. The van der Waals surface area contributed by atoms with Crippen LogP contribution < -0.4 is 5.32 Å². The first kappa shape index (κ1) is 17.3. The summed E-state index contributed by atoms with van der Waals surface area (Å²) in [6, 6.07) is 17.1. The molecule has 0 bridgehead atoms. The summed E-state index contributed by atoms with van der Waals surface area (Å²) in [5.41, 5.74) is 5.03. The minimum Gasteiger partial charge on any atom is -0.350 e. The van der Waals surface area contributed by atoms with E-state index in [0.29, 0.717) is 6.42 Å². The van der Waals surface area contributed by atoms with Gasteiger partial charge in [-0.05, 0) is 48.4 Å². The maximum absolute atomic E-state index is 12.1. The fourth-order valence-corrected chi connectivity index (χ4v) is 2.64. The zero-order chi connectivity index (χ0) is 16.7. The molecule has 2 aromatic rings. The van der Waals surface area contributed by atoms with Crippen molar-refractivity contribution in [2.45, 2.75) is 52.5 Å². The molecule has 0 heterocycles. The molecule has 0 spiro atoms. The molecule has 122 valence electrons. The van der Waals surface area contributed by atoms with E-state index in [4.69, 9.17) is 0 Å². The Kier molecular flexibility index (Phi) is 6.40. The molecule has 0 radical (unpaired) electrons. The average Bonchev–Trinajstić information content (AvgIpc) is 2.60. The molecule has 1 atom stereocenters. The Morgan fingerprint density at radius 3 is 1.87 bits per heavy atom. The van der Waals surface area contributed by atoms with Gasteiger partial charge in [0, 0.05) is 6.42 Å². The molecule has 2 heteroatoms. The molecule has 0 saturated heterocycles. The van der Waals surface area contributed by atoms with E-state index >= 15 is 0 Å². The standard InChI is InChI=1S/C21H27NO/c1-4-17-6-8-19(9-7-17)12-15-21(23)22-16(3)20-13-10-18(5-2)11-14-20/h6-11,13-14,16H,4-5,12,15H2,1-3H3,(H,22,23)/t16-/m0/s1. The quantitative estimate of drug-likeness (QED) is 0.794. The van der Waals surface area contributed by atoms with Crippen LogP contribution in [0.15, 0.2) is 48.5 Å². The summed E-state index contributed by atoms with van der Waals surface area (Å²) in [5.74, 6) is 0.108. The Bertz CT molecular complexity index is 613. The molecule has 1 N–H and O–H groups in total. The van der Waals surface area contributed by atoms with Gasteiger partial charge >= 0.3 is 0 Å². The van der Waals surface area contributed by atoms with Gasteiger partial charge in [0.25, 0.3) is 0 Å². The van der Waals surface area contributed by atoms with Crippen molar-refractivity contribution in [3.63, 3.8) is 0 Å². The molecule has 2 aromatic carbocycles. The number of hydrogen-bond acceptors (Lipinski definition) is 1.